The number of rotatable bonds is 7. The number of hydrogen-bond donors (Lipinski definition) is 2. The Bertz CT molecular complexity index is 557. The Hall–Kier alpha value is -1.69. The van der Waals surface area contributed by atoms with E-state index in [2.05, 4.69) is 5.32 Å². The Labute approximate surface area is 134 Å². The van der Waals surface area contributed by atoms with Gasteiger partial charge in [0.05, 0.1) is 0 Å². The summed E-state index contributed by atoms with van der Waals surface area (Å²) in [5.41, 5.74) is 0.0797. The van der Waals surface area contributed by atoms with E-state index < -0.39 is 11.6 Å². The summed E-state index contributed by atoms with van der Waals surface area (Å²) in [6.07, 6.45) is 4.00. The molecule has 0 aromatic heterocycles. The second kappa shape index (κ2) is 6.83. The average molecular weight is 324 g/mol. The molecule has 2 N–H and O–H groups in total. The van der Waals surface area contributed by atoms with E-state index in [1.54, 1.807) is 4.90 Å². The fraction of sp³-hybridized carbons (Fsp3) is 0.588. The lowest BCUT2D eigenvalue weighted by Gasteiger charge is -2.23. The maximum absolute atomic E-state index is 13.8. The third kappa shape index (κ3) is 3.80. The molecule has 2 aliphatic carbocycles. The van der Waals surface area contributed by atoms with Gasteiger partial charge in [-0.05, 0) is 44.2 Å². The molecule has 0 radical (unpaired) electrons. The third-order valence-electron chi connectivity index (χ3n) is 4.53. The maximum atomic E-state index is 13.8. The van der Waals surface area contributed by atoms with Gasteiger partial charge in [0.1, 0.15) is 11.6 Å². The van der Waals surface area contributed by atoms with Gasteiger partial charge in [-0.3, -0.25) is 0 Å². The van der Waals surface area contributed by atoms with Gasteiger partial charge >= 0.3 is 6.03 Å². The van der Waals surface area contributed by atoms with E-state index in [-0.39, 0.29) is 36.2 Å². The lowest BCUT2D eigenvalue weighted by Crippen LogP contribution is -2.43. The summed E-state index contributed by atoms with van der Waals surface area (Å²) in [7, 11) is 0. The van der Waals surface area contributed by atoms with Gasteiger partial charge in [-0.2, -0.15) is 0 Å². The molecule has 1 aromatic rings. The Balaban J connectivity index is 1.56. The monoisotopic (exact) mass is 324 g/mol. The molecule has 2 fully saturated rings. The van der Waals surface area contributed by atoms with Gasteiger partial charge in [0.25, 0.3) is 0 Å². The second-order valence-corrected chi connectivity index (χ2v) is 6.39. The van der Waals surface area contributed by atoms with Crippen molar-refractivity contribution in [3.8, 4) is 0 Å². The molecular formula is C17H22F2N2O2. The number of carbonyl (C=O) groups is 1. The van der Waals surface area contributed by atoms with Crippen LogP contribution in [0.4, 0.5) is 13.6 Å². The molecule has 4 nitrogen and oxygen atoms in total. The number of aliphatic hydroxyl groups excluding tert-OH is 1. The minimum absolute atomic E-state index is 0.0797. The fourth-order valence-electron chi connectivity index (χ4n) is 3.01. The van der Waals surface area contributed by atoms with E-state index in [0.717, 1.165) is 19.3 Å². The number of halogens is 2. The summed E-state index contributed by atoms with van der Waals surface area (Å²) in [6, 6.07) is 3.76. The molecule has 126 valence electrons. The van der Waals surface area contributed by atoms with E-state index in [1.807, 2.05) is 0 Å². The maximum Gasteiger partial charge on any atom is 0.317 e. The number of hydrogen-bond acceptors (Lipinski definition) is 2. The van der Waals surface area contributed by atoms with Crippen LogP contribution in [0.3, 0.4) is 0 Å². The lowest BCUT2D eigenvalue weighted by molar-refractivity contribution is 0.190. The molecule has 6 heteroatoms. The van der Waals surface area contributed by atoms with Crippen molar-refractivity contribution in [3.05, 3.63) is 35.4 Å². The van der Waals surface area contributed by atoms with Crippen molar-refractivity contribution >= 4 is 6.03 Å². The first-order valence-corrected chi connectivity index (χ1v) is 8.23. The number of nitrogens with zero attached hydrogens (tertiary/aromatic N) is 1. The molecule has 2 aliphatic rings. The van der Waals surface area contributed by atoms with Crippen LogP contribution in [0.2, 0.25) is 0 Å². The minimum atomic E-state index is -0.547. The van der Waals surface area contributed by atoms with Crippen LogP contribution in [0.15, 0.2) is 18.2 Å². The summed E-state index contributed by atoms with van der Waals surface area (Å²) in [6.45, 7) is 0.736. The second-order valence-electron chi connectivity index (χ2n) is 6.39. The van der Waals surface area contributed by atoms with Crippen molar-refractivity contribution in [3.63, 3.8) is 0 Å². The number of benzene rings is 1. The highest BCUT2D eigenvalue weighted by atomic mass is 19.1. The molecule has 0 heterocycles. The van der Waals surface area contributed by atoms with Crippen molar-refractivity contribution in [2.45, 2.75) is 50.1 Å². The van der Waals surface area contributed by atoms with Crippen molar-refractivity contribution in [2.75, 3.05) is 13.2 Å². The van der Waals surface area contributed by atoms with E-state index in [1.165, 1.54) is 18.2 Å². The number of urea groups is 1. The van der Waals surface area contributed by atoms with Crippen LogP contribution in [-0.4, -0.2) is 41.3 Å². The summed E-state index contributed by atoms with van der Waals surface area (Å²) >= 11 is 0. The summed E-state index contributed by atoms with van der Waals surface area (Å²) in [4.78, 5) is 14.2. The van der Waals surface area contributed by atoms with Gasteiger partial charge in [0.15, 0.2) is 0 Å². The largest absolute Gasteiger partial charge is 0.396 e. The Morgan fingerprint density at radius 3 is 2.57 bits per heavy atom. The highest BCUT2D eigenvalue weighted by Gasteiger charge is 2.44. The smallest absolute Gasteiger partial charge is 0.317 e. The molecule has 0 aliphatic heterocycles. The molecule has 3 rings (SSSR count). The van der Waals surface area contributed by atoms with Crippen LogP contribution < -0.4 is 5.32 Å². The number of carbonyl (C=O) groups excluding carboxylic acids is 1. The molecule has 0 saturated heterocycles. The highest BCUT2D eigenvalue weighted by molar-refractivity contribution is 5.76. The van der Waals surface area contributed by atoms with Crippen LogP contribution in [0.1, 0.15) is 43.6 Å². The molecule has 2 atom stereocenters. The zero-order valence-corrected chi connectivity index (χ0v) is 13.0. The predicted octanol–water partition coefficient (Wildman–Crippen LogP) is 2.77. The first-order valence-electron chi connectivity index (χ1n) is 8.23. The quantitative estimate of drug-likeness (QED) is 0.758. The van der Waals surface area contributed by atoms with Crippen LogP contribution in [0.25, 0.3) is 0 Å². The van der Waals surface area contributed by atoms with Crippen LogP contribution in [-0.2, 0) is 0 Å². The van der Waals surface area contributed by atoms with E-state index in [4.69, 9.17) is 5.11 Å². The molecule has 2 saturated carbocycles. The van der Waals surface area contributed by atoms with E-state index in [9.17, 15) is 13.6 Å². The van der Waals surface area contributed by atoms with Crippen molar-refractivity contribution in [1.29, 1.82) is 0 Å². The Kier molecular flexibility index (Phi) is 4.80. The van der Waals surface area contributed by atoms with Crippen molar-refractivity contribution in [1.82, 2.24) is 10.2 Å². The number of nitrogens with one attached hydrogen (secondary N) is 1. The van der Waals surface area contributed by atoms with Gasteiger partial charge in [-0.25, -0.2) is 13.6 Å². The fourth-order valence-corrected chi connectivity index (χ4v) is 3.01. The summed E-state index contributed by atoms with van der Waals surface area (Å²) in [5.74, 6) is -1.37. The van der Waals surface area contributed by atoms with Crippen LogP contribution in [0.5, 0.6) is 0 Å². The number of unbranched alkanes of at least 4 members (excludes halogenated alkanes) is 1. The van der Waals surface area contributed by atoms with Gasteiger partial charge in [0.2, 0.25) is 0 Å². The number of amides is 2. The Morgan fingerprint density at radius 1 is 1.26 bits per heavy atom. The van der Waals surface area contributed by atoms with Gasteiger partial charge in [0, 0.05) is 36.7 Å². The standard InChI is InChI=1S/C17H22F2N2O2/c18-13-4-3-5-14(19)16(13)12-10-15(12)20-17(23)21(11-6-7-11)8-1-2-9-22/h3-5,11-12,15,22H,1-2,6-10H2,(H,20,23). The van der Waals surface area contributed by atoms with Crippen molar-refractivity contribution < 1.29 is 18.7 Å². The highest BCUT2D eigenvalue weighted by Crippen LogP contribution is 2.43. The van der Waals surface area contributed by atoms with Gasteiger partial charge in [-0.15, -0.1) is 0 Å². The topological polar surface area (TPSA) is 52.6 Å². The third-order valence-corrected chi connectivity index (χ3v) is 4.53. The molecule has 0 bridgehead atoms. The zero-order chi connectivity index (χ0) is 16.4. The van der Waals surface area contributed by atoms with Crippen LogP contribution >= 0.6 is 0 Å². The molecule has 1 aromatic carbocycles. The SMILES string of the molecule is O=C(NC1CC1c1c(F)cccc1F)N(CCCCO)C1CC1. The van der Waals surface area contributed by atoms with Gasteiger partial charge < -0.3 is 15.3 Å². The lowest BCUT2D eigenvalue weighted by atomic mass is 10.1. The summed E-state index contributed by atoms with van der Waals surface area (Å²) < 4.78 is 27.5. The van der Waals surface area contributed by atoms with E-state index in [0.29, 0.717) is 19.4 Å². The molecule has 23 heavy (non-hydrogen) atoms. The molecule has 0 spiro atoms. The van der Waals surface area contributed by atoms with E-state index >= 15 is 0 Å². The Morgan fingerprint density at radius 2 is 1.96 bits per heavy atom. The summed E-state index contributed by atoms with van der Waals surface area (Å²) in [5, 5.41) is 11.7. The zero-order valence-electron chi connectivity index (χ0n) is 13.0. The van der Waals surface area contributed by atoms with Crippen LogP contribution in [0, 0.1) is 11.6 Å². The van der Waals surface area contributed by atoms with Crippen molar-refractivity contribution in [2.24, 2.45) is 0 Å². The minimum Gasteiger partial charge on any atom is -0.396 e. The molecule has 2 amide bonds. The predicted molar refractivity (Wildman–Crippen MR) is 82.1 cm³/mol. The normalized spacial score (nSPS) is 22.7. The first kappa shape index (κ1) is 16.2. The molecule has 2 unspecified atom stereocenters. The number of aliphatic hydroxyl groups is 1. The van der Waals surface area contributed by atoms with Gasteiger partial charge in [-0.1, -0.05) is 6.07 Å². The molecular weight excluding hydrogens is 302 g/mol. The average Bonchev–Trinajstić information content (AvgIpc) is 3.40. The first-order chi connectivity index (χ1) is 11.1.